The van der Waals surface area contributed by atoms with Crippen molar-refractivity contribution in [2.24, 2.45) is 17.6 Å². The molecule has 6 nitrogen and oxygen atoms in total. The van der Waals surface area contributed by atoms with Crippen LogP contribution in [-0.2, 0) is 4.79 Å². The Hall–Kier alpha value is -2.08. The highest BCUT2D eigenvalue weighted by Crippen LogP contribution is 2.31. The van der Waals surface area contributed by atoms with Crippen LogP contribution in [0.25, 0.3) is 11.0 Å². The third kappa shape index (κ3) is 3.70. The number of nitrogens with zero attached hydrogens (tertiary/aromatic N) is 3. The molecule has 0 spiro atoms. The minimum atomic E-state index is -0.110. The Kier molecular flexibility index (Phi) is 5.11. The summed E-state index contributed by atoms with van der Waals surface area (Å²) in [6, 6.07) is 3.93. The molecule has 26 heavy (non-hydrogen) atoms. The van der Waals surface area contributed by atoms with Gasteiger partial charge in [0.1, 0.15) is 11.4 Å². The lowest BCUT2D eigenvalue weighted by atomic mass is 9.80. The van der Waals surface area contributed by atoms with Gasteiger partial charge in [0, 0.05) is 38.3 Å². The number of carbonyl (C=O) groups is 1. The maximum absolute atomic E-state index is 11.3. The maximum Gasteiger partial charge on any atom is 0.220 e. The number of primary amides is 1. The zero-order valence-electron chi connectivity index (χ0n) is 15.3. The van der Waals surface area contributed by atoms with Gasteiger partial charge in [0.2, 0.25) is 5.91 Å². The van der Waals surface area contributed by atoms with Crippen molar-refractivity contribution in [1.29, 1.82) is 0 Å². The molecule has 140 valence electrons. The van der Waals surface area contributed by atoms with E-state index in [2.05, 4.69) is 14.8 Å². The van der Waals surface area contributed by atoms with Crippen LogP contribution in [-0.4, -0.2) is 48.5 Å². The van der Waals surface area contributed by atoms with Crippen molar-refractivity contribution < 1.29 is 9.21 Å². The van der Waals surface area contributed by atoms with Crippen molar-refractivity contribution in [3.63, 3.8) is 0 Å². The number of nitrogens with two attached hydrogens (primary N) is 1. The van der Waals surface area contributed by atoms with Crippen LogP contribution in [0.4, 0.5) is 5.82 Å². The lowest BCUT2D eigenvalue weighted by Crippen LogP contribution is -2.47. The highest BCUT2D eigenvalue weighted by atomic mass is 16.3. The number of aromatic nitrogens is 1. The standard InChI is InChI=1S/C20H28N4O2/c21-19(25)16-3-1-15(2-4-16)6-9-23-10-12-24(13-11-23)20-17-7-14-26-18(17)5-8-22-20/h5,7-8,14-16H,1-4,6,9-13H2,(H2,21,25)/t15-,16-. The van der Waals surface area contributed by atoms with Crippen molar-refractivity contribution in [2.45, 2.75) is 32.1 Å². The van der Waals surface area contributed by atoms with E-state index in [4.69, 9.17) is 10.2 Å². The summed E-state index contributed by atoms with van der Waals surface area (Å²) >= 11 is 0. The molecular formula is C20H28N4O2. The third-order valence-electron chi connectivity index (χ3n) is 6.13. The van der Waals surface area contributed by atoms with E-state index in [0.29, 0.717) is 0 Å². The van der Waals surface area contributed by atoms with Gasteiger partial charge in [-0.15, -0.1) is 0 Å². The lowest BCUT2D eigenvalue weighted by Gasteiger charge is -2.36. The molecule has 1 saturated heterocycles. The normalized spacial score (nSPS) is 24.8. The fourth-order valence-corrected chi connectivity index (χ4v) is 4.42. The van der Waals surface area contributed by atoms with Crippen LogP contribution in [0, 0.1) is 11.8 Å². The van der Waals surface area contributed by atoms with Gasteiger partial charge in [0.25, 0.3) is 0 Å². The molecule has 0 bridgehead atoms. The van der Waals surface area contributed by atoms with Gasteiger partial charge in [-0.25, -0.2) is 4.98 Å². The zero-order valence-corrected chi connectivity index (χ0v) is 15.3. The number of hydrogen-bond donors (Lipinski definition) is 1. The van der Waals surface area contributed by atoms with Gasteiger partial charge in [0.15, 0.2) is 0 Å². The Morgan fingerprint density at radius 3 is 2.65 bits per heavy atom. The van der Waals surface area contributed by atoms with Gasteiger partial charge in [0.05, 0.1) is 11.6 Å². The first-order valence-corrected chi connectivity index (χ1v) is 9.79. The molecule has 2 aromatic heterocycles. The summed E-state index contributed by atoms with van der Waals surface area (Å²) in [4.78, 5) is 20.8. The largest absolute Gasteiger partial charge is 0.464 e. The summed E-state index contributed by atoms with van der Waals surface area (Å²) in [6.07, 6.45) is 9.07. The van der Waals surface area contributed by atoms with Gasteiger partial charge in [-0.3, -0.25) is 9.69 Å². The van der Waals surface area contributed by atoms with Crippen LogP contribution < -0.4 is 10.6 Å². The van der Waals surface area contributed by atoms with E-state index >= 15 is 0 Å². The second-order valence-electron chi connectivity index (χ2n) is 7.70. The van der Waals surface area contributed by atoms with Gasteiger partial charge in [-0.05, 0) is 56.7 Å². The van der Waals surface area contributed by atoms with Crippen LogP contribution >= 0.6 is 0 Å². The molecule has 1 aliphatic carbocycles. The molecule has 1 amide bonds. The van der Waals surface area contributed by atoms with Crippen molar-refractivity contribution in [3.05, 3.63) is 24.6 Å². The molecule has 0 aromatic carbocycles. The molecule has 6 heteroatoms. The molecule has 1 aliphatic heterocycles. The van der Waals surface area contributed by atoms with Crippen LogP contribution in [0.3, 0.4) is 0 Å². The second-order valence-corrected chi connectivity index (χ2v) is 7.70. The van der Waals surface area contributed by atoms with Gasteiger partial charge in [-0.1, -0.05) is 0 Å². The summed E-state index contributed by atoms with van der Waals surface area (Å²) in [7, 11) is 0. The molecule has 2 fully saturated rings. The number of amides is 1. The Morgan fingerprint density at radius 1 is 1.15 bits per heavy atom. The van der Waals surface area contributed by atoms with E-state index in [0.717, 1.165) is 81.1 Å². The molecule has 0 atom stereocenters. The average molecular weight is 356 g/mol. The smallest absolute Gasteiger partial charge is 0.220 e. The summed E-state index contributed by atoms with van der Waals surface area (Å²) < 4.78 is 5.49. The first-order valence-electron chi connectivity index (χ1n) is 9.79. The molecule has 0 unspecified atom stereocenters. The third-order valence-corrected chi connectivity index (χ3v) is 6.13. The summed E-state index contributed by atoms with van der Waals surface area (Å²) in [5, 5.41) is 1.10. The highest BCUT2D eigenvalue weighted by molar-refractivity contribution is 5.88. The Bertz CT molecular complexity index is 743. The van der Waals surface area contributed by atoms with Gasteiger partial charge < -0.3 is 15.1 Å². The fourth-order valence-electron chi connectivity index (χ4n) is 4.42. The highest BCUT2D eigenvalue weighted by Gasteiger charge is 2.26. The Morgan fingerprint density at radius 2 is 1.92 bits per heavy atom. The summed E-state index contributed by atoms with van der Waals surface area (Å²) in [5.74, 6) is 1.80. The molecule has 2 aliphatic rings. The number of anilines is 1. The summed E-state index contributed by atoms with van der Waals surface area (Å²) in [5.41, 5.74) is 6.34. The average Bonchev–Trinajstić information content (AvgIpc) is 3.16. The van der Waals surface area contributed by atoms with Gasteiger partial charge >= 0.3 is 0 Å². The van der Waals surface area contributed by atoms with E-state index in [1.807, 2.05) is 18.3 Å². The van der Waals surface area contributed by atoms with E-state index in [1.165, 1.54) is 6.42 Å². The van der Waals surface area contributed by atoms with Crippen LogP contribution in [0.15, 0.2) is 29.0 Å². The first kappa shape index (κ1) is 17.3. The monoisotopic (exact) mass is 356 g/mol. The number of carbonyl (C=O) groups excluding carboxylic acids is 1. The first-order chi connectivity index (χ1) is 12.7. The quantitative estimate of drug-likeness (QED) is 0.891. The van der Waals surface area contributed by atoms with Crippen molar-refractivity contribution in [2.75, 3.05) is 37.6 Å². The predicted molar refractivity (Wildman–Crippen MR) is 102 cm³/mol. The van der Waals surface area contributed by atoms with Crippen molar-refractivity contribution in [3.8, 4) is 0 Å². The number of piperazine rings is 1. The molecule has 2 N–H and O–H groups in total. The Balaban J connectivity index is 1.24. The van der Waals surface area contributed by atoms with Crippen LogP contribution in [0.5, 0.6) is 0 Å². The van der Waals surface area contributed by atoms with E-state index in [9.17, 15) is 4.79 Å². The van der Waals surface area contributed by atoms with Crippen LogP contribution in [0.1, 0.15) is 32.1 Å². The minimum Gasteiger partial charge on any atom is -0.464 e. The number of fused-ring (bicyclic) bond motifs is 1. The number of rotatable bonds is 5. The molecular weight excluding hydrogens is 328 g/mol. The predicted octanol–water partition coefficient (Wildman–Crippen LogP) is 2.63. The molecule has 3 heterocycles. The topological polar surface area (TPSA) is 75.6 Å². The van der Waals surface area contributed by atoms with Crippen molar-refractivity contribution >= 4 is 22.7 Å². The fraction of sp³-hybridized carbons (Fsp3) is 0.600. The number of pyridine rings is 1. The molecule has 1 saturated carbocycles. The molecule has 0 radical (unpaired) electrons. The zero-order chi connectivity index (χ0) is 17.9. The minimum absolute atomic E-state index is 0.110. The SMILES string of the molecule is NC(=O)[C@H]1CC[C@H](CCN2CCN(c3nccc4occc34)CC2)CC1. The molecule has 2 aromatic rings. The Labute approximate surface area is 154 Å². The van der Waals surface area contributed by atoms with E-state index in [-0.39, 0.29) is 11.8 Å². The lowest BCUT2D eigenvalue weighted by molar-refractivity contribution is -0.123. The summed E-state index contributed by atoms with van der Waals surface area (Å²) in [6.45, 7) is 5.32. The van der Waals surface area contributed by atoms with E-state index in [1.54, 1.807) is 6.26 Å². The number of hydrogen-bond acceptors (Lipinski definition) is 5. The maximum atomic E-state index is 11.3. The second kappa shape index (κ2) is 7.66. The number of furan rings is 1. The van der Waals surface area contributed by atoms with Gasteiger partial charge in [-0.2, -0.15) is 0 Å². The molecule has 4 rings (SSSR count). The van der Waals surface area contributed by atoms with E-state index < -0.39 is 0 Å². The van der Waals surface area contributed by atoms with Crippen molar-refractivity contribution in [1.82, 2.24) is 9.88 Å². The van der Waals surface area contributed by atoms with Crippen LogP contribution in [0.2, 0.25) is 0 Å².